The lowest BCUT2D eigenvalue weighted by Crippen LogP contribution is -2.09. The van der Waals surface area contributed by atoms with Crippen molar-refractivity contribution in [2.24, 2.45) is 0 Å². The molecule has 0 bridgehead atoms. The molecule has 0 aliphatic carbocycles. The molecule has 1 aromatic heterocycles. The van der Waals surface area contributed by atoms with Crippen molar-refractivity contribution in [2.75, 3.05) is 24.7 Å². The number of aliphatic hydroxyl groups excluding tert-OH is 2. The summed E-state index contributed by atoms with van der Waals surface area (Å²) < 4.78 is 5.37. The van der Waals surface area contributed by atoms with Crippen molar-refractivity contribution in [3.8, 4) is 11.3 Å². The van der Waals surface area contributed by atoms with E-state index in [1.54, 1.807) is 18.2 Å². The zero-order valence-electron chi connectivity index (χ0n) is 11.5. The molecule has 0 fully saturated rings. The van der Waals surface area contributed by atoms with Crippen LogP contribution in [-0.2, 0) is 12.8 Å². The number of aldehydes is 1. The number of hydrogen-bond acceptors (Lipinski definition) is 6. The Hall–Kier alpha value is -2.31. The molecule has 2 rings (SSSR count). The van der Waals surface area contributed by atoms with Gasteiger partial charge in [0.15, 0.2) is 12.0 Å². The minimum atomic E-state index is -0.0801. The molecule has 2 aromatic rings. The highest BCUT2D eigenvalue weighted by atomic mass is 16.3. The first kappa shape index (κ1) is 15.1. The lowest BCUT2D eigenvalue weighted by molar-refractivity contribution is 0.110. The number of carbonyl (C=O) groups is 1. The van der Waals surface area contributed by atoms with Crippen LogP contribution in [0.25, 0.3) is 11.3 Å². The van der Waals surface area contributed by atoms with E-state index in [2.05, 4.69) is 0 Å². The molecule has 0 saturated carbocycles. The van der Waals surface area contributed by atoms with Crippen molar-refractivity contribution in [3.05, 3.63) is 35.1 Å². The molecule has 21 heavy (non-hydrogen) atoms. The molecule has 0 aliphatic heterocycles. The lowest BCUT2D eigenvalue weighted by atomic mass is 9.94. The Kier molecular flexibility index (Phi) is 4.62. The summed E-state index contributed by atoms with van der Waals surface area (Å²) in [6.07, 6.45) is 1.31. The Labute approximate surface area is 122 Å². The predicted molar refractivity (Wildman–Crippen MR) is 79.9 cm³/mol. The van der Waals surface area contributed by atoms with E-state index < -0.39 is 0 Å². The Morgan fingerprint density at radius 1 is 1.10 bits per heavy atom. The summed E-state index contributed by atoms with van der Waals surface area (Å²) in [5.74, 6) is 0.641. The van der Waals surface area contributed by atoms with E-state index in [-0.39, 0.29) is 19.0 Å². The molecule has 6 N–H and O–H groups in total. The second-order valence-electron chi connectivity index (χ2n) is 4.65. The topological polar surface area (TPSA) is 123 Å². The van der Waals surface area contributed by atoms with Gasteiger partial charge < -0.3 is 26.1 Å². The van der Waals surface area contributed by atoms with Crippen LogP contribution in [0.1, 0.15) is 21.7 Å². The van der Waals surface area contributed by atoms with Crippen molar-refractivity contribution >= 4 is 17.7 Å². The molecule has 0 radical (unpaired) electrons. The fourth-order valence-corrected chi connectivity index (χ4v) is 2.39. The van der Waals surface area contributed by atoms with Crippen LogP contribution in [0.2, 0.25) is 0 Å². The fraction of sp³-hybridized carbons (Fsp3) is 0.267. The smallest absolute Gasteiger partial charge is 0.185 e. The summed E-state index contributed by atoms with van der Waals surface area (Å²) in [5, 5.41) is 18.3. The van der Waals surface area contributed by atoms with Crippen LogP contribution in [0, 0.1) is 0 Å². The second kappa shape index (κ2) is 6.43. The number of aliphatic hydroxyl groups is 2. The summed E-state index contributed by atoms with van der Waals surface area (Å²) in [4.78, 5) is 10.7. The van der Waals surface area contributed by atoms with Gasteiger partial charge in [-0.05, 0) is 42.2 Å². The minimum absolute atomic E-state index is 0.0581. The quantitative estimate of drug-likeness (QED) is 0.465. The highest BCUT2D eigenvalue weighted by molar-refractivity contribution is 5.83. The first-order valence-corrected chi connectivity index (χ1v) is 6.59. The number of furan rings is 1. The molecule has 0 unspecified atom stereocenters. The monoisotopic (exact) mass is 290 g/mol. The van der Waals surface area contributed by atoms with E-state index in [1.807, 2.05) is 0 Å². The number of nitrogens with two attached hydrogens (primary N) is 2. The predicted octanol–water partition coefficient (Wildman–Crippen LogP) is 0.993. The van der Waals surface area contributed by atoms with Crippen molar-refractivity contribution in [2.45, 2.75) is 12.8 Å². The fourth-order valence-electron chi connectivity index (χ4n) is 2.39. The maximum atomic E-state index is 10.7. The SMILES string of the molecule is Nc1cc(-c2ccc(C=O)o2)c(N)c(CCO)c1CCO. The van der Waals surface area contributed by atoms with E-state index in [0.717, 1.165) is 5.56 Å². The summed E-state index contributed by atoms with van der Waals surface area (Å²) in [6, 6.07) is 4.85. The summed E-state index contributed by atoms with van der Waals surface area (Å²) >= 11 is 0. The van der Waals surface area contributed by atoms with E-state index in [4.69, 9.17) is 21.0 Å². The largest absolute Gasteiger partial charge is 0.453 e. The zero-order valence-corrected chi connectivity index (χ0v) is 11.5. The van der Waals surface area contributed by atoms with Gasteiger partial charge in [0.05, 0.1) is 0 Å². The van der Waals surface area contributed by atoms with Gasteiger partial charge in [0.2, 0.25) is 0 Å². The third kappa shape index (κ3) is 2.91. The summed E-state index contributed by atoms with van der Waals surface area (Å²) in [5.41, 5.74) is 15.1. The van der Waals surface area contributed by atoms with Crippen molar-refractivity contribution in [3.63, 3.8) is 0 Å². The van der Waals surface area contributed by atoms with Gasteiger partial charge in [-0.3, -0.25) is 4.79 Å². The first-order valence-electron chi connectivity index (χ1n) is 6.59. The molecule has 0 atom stereocenters. The average molecular weight is 290 g/mol. The molecule has 6 nitrogen and oxygen atoms in total. The normalized spacial score (nSPS) is 10.8. The van der Waals surface area contributed by atoms with Crippen LogP contribution in [0.3, 0.4) is 0 Å². The third-order valence-corrected chi connectivity index (χ3v) is 3.36. The van der Waals surface area contributed by atoms with Crippen LogP contribution < -0.4 is 11.5 Å². The molecule has 1 aromatic carbocycles. The van der Waals surface area contributed by atoms with Gasteiger partial charge in [-0.25, -0.2) is 0 Å². The highest BCUT2D eigenvalue weighted by Gasteiger charge is 2.17. The maximum Gasteiger partial charge on any atom is 0.185 e. The Bertz CT molecular complexity index is 649. The molecule has 112 valence electrons. The second-order valence-corrected chi connectivity index (χ2v) is 4.65. The highest BCUT2D eigenvalue weighted by Crippen LogP contribution is 2.36. The van der Waals surface area contributed by atoms with E-state index in [9.17, 15) is 9.90 Å². The van der Waals surface area contributed by atoms with Gasteiger partial charge in [-0.2, -0.15) is 0 Å². The Morgan fingerprint density at radius 3 is 2.33 bits per heavy atom. The molecule has 0 saturated heterocycles. The number of rotatable bonds is 6. The zero-order chi connectivity index (χ0) is 15.4. The Balaban J connectivity index is 2.59. The van der Waals surface area contributed by atoms with Gasteiger partial charge in [0.25, 0.3) is 0 Å². The lowest BCUT2D eigenvalue weighted by Gasteiger charge is -2.17. The molecule has 6 heteroatoms. The van der Waals surface area contributed by atoms with Gasteiger partial charge in [0.1, 0.15) is 5.76 Å². The van der Waals surface area contributed by atoms with E-state index in [0.29, 0.717) is 47.4 Å². The van der Waals surface area contributed by atoms with Crippen LogP contribution in [0.15, 0.2) is 22.6 Å². The molecule has 0 aliphatic rings. The van der Waals surface area contributed by atoms with Crippen LogP contribution in [-0.4, -0.2) is 29.7 Å². The van der Waals surface area contributed by atoms with E-state index in [1.165, 1.54) is 0 Å². The van der Waals surface area contributed by atoms with E-state index >= 15 is 0 Å². The minimum Gasteiger partial charge on any atom is -0.453 e. The standard InChI is InChI=1S/C15H18N2O4/c16-13-7-12(14-2-1-9(8-20)21-14)15(17)11(4-6-19)10(13)3-5-18/h1-2,7-8,18-19H,3-6,16-17H2. The Morgan fingerprint density at radius 2 is 1.76 bits per heavy atom. The number of hydrogen-bond donors (Lipinski definition) is 4. The third-order valence-electron chi connectivity index (χ3n) is 3.36. The molecular formula is C15H18N2O4. The summed E-state index contributed by atoms with van der Waals surface area (Å²) in [6.45, 7) is -0.138. The van der Waals surface area contributed by atoms with Crippen LogP contribution >= 0.6 is 0 Å². The molecule has 1 heterocycles. The first-order chi connectivity index (χ1) is 10.1. The van der Waals surface area contributed by atoms with Gasteiger partial charge in [-0.1, -0.05) is 0 Å². The van der Waals surface area contributed by atoms with Gasteiger partial charge in [-0.15, -0.1) is 0 Å². The average Bonchev–Trinajstić information content (AvgIpc) is 2.95. The molecule has 0 spiro atoms. The van der Waals surface area contributed by atoms with Crippen LogP contribution in [0.4, 0.5) is 11.4 Å². The van der Waals surface area contributed by atoms with Crippen molar-refractivity contribution < 1.29 is 19.4 Å². The number of nitrogen functional groups attached to an aromatic ring is 2. The molecular weight excluding hydrogens is 272 g/mol. The number of anilines is 2. The maximum absolute atomic E-state index is 10.7. The van der Waals surface area contributed by atoms with Gasteiger partial charge >= 0.3 is 0 Å². The van der Waals surface area contributed by atoms with Crippen molar-refractivity contribution in [1.82, 2.24) is 0 Å². The number of benzene rings is 1. The summed E-state index contributed by atoms with van der Waals surface area (Å²) in [7, 11) is 0. The number of carbonyl (C=O) groups excluding carboxylic acids is 1. The van der Waals surface area contributed by atoms with Crippen molar-refractivity contribution in [1.29, 1.82) is 0 Å². The van der Waals surface area contributed by atoms with Gasteiger partial charge in [0, 0.05) is 30.2 Å². The van der Waals surface area contributed by atoms with Crippen LogP contribution in [0.5, 0.6) is 0 Å². The molecule has 0 amide bonds.